The van der Waals surface area contributed by atoms with E-state index in [2.05, 4.69) is 11.9 Å². The van der Waals surface area contributed by atoms with Gasteiger partial charge in [-0.05, 0) is 70.0 Å². The maximum absolute atomic E-state index is 13.1. The predicted molar refractivity (Wildman–Crippen MR) is 108 cm³/mol. The number of rotatable bonds is 7. The van der Waals surface area contributed by atoms with E-state index in [0.29, 0.717) is 11.3 Å². The Balaban J connectivity index is 2.28. The monoisotopic (exact) mass is 352 g/mol. The van der Waals surface area contributed by atoms with Gasteiger partial charge >= 0.3 is 0 Å². The summed E-state index contributed by atoms with van der Waals surface area (Å²) in [5.74, 6) is 0.646. The molecule has 4 nitrogen and oxygen atoms in total. The van der Waals surface area contributed by atoms with Crippen molar-refractivity contribution in [3.8, 4) is 5.75 Å². The summed E-state index contributed by atoms with van der Waals surface area (Å²) < 4.78 is 5.95. The normalized spacial score (nSPS) is 11.6. The van der Waals surface area contributed by atoms with E-state index in [4.69, 9.17) is 4.74 Å². The number of para-hydroxylation sites is 1. The standard InChI is InChI=1S/C22H28N2O2/c1-7-24(6)15-23-20-14-16(2)19(13-17(20)3)21(25)22(4,5)26-18-11-9-8-10-12-18/h8-15H,7H2,1-6H3. The third-order valence-electron chi connectivity index (χ3n) is 4.34. The zero-order valence-corrected chi connectivity index (χ0v) is 16.5. The summed E-state index contributed by atoms with van der Waals surface area (Å²) in [4.78, 5) is 19.6. The minimum atomic E-state index is -0.953. The average molecular weight is 352 g/mol. The summed E-state index contributed by atoms with van der Waals surface area (Å²) in [6.45, 7) is 10.5. The number of aryl methyl sites for hydroxylation is 2. The molecular formula is C22H28N2O2. The van der Waals surface area contributed by atoms with E-state index in [9.17, 15) is 4.79 Å². The highest BCUT2D eigenvalue weighted by Crippen LogP contribution is 2.28. The Morgan fingerprint density at radius 2 is 1.81 bits per heavy atom. The molecule has 0 N–H and O–H groups in total. The fourth-order valence-corrected chi connectivity index (χ4v) is 2.58. The number of carbonyl (C=O) groups excluding carboxylic acids is 1. The van der Waals surface area contributed by atoms with Crippen LogP contribution in [0.3, 0.4) is 0 Å². The van der Waals surface area contributed by atoms with Crippen LogP contribution in [0.25, 0.3) is 0 Å². The first-order valence-corrected chi connectivity index (χ1v) is 8.89. The second-order valence-electron chi connectivity index (χ2n) is 7.03. The number of hydrogen-bond acceptors (Lipinski definition) is 3. The quantitative estimate of drug-likeness (QED) is 0.402. The maximum Gasteiger partial charge on any atom is 0.206 e. The van der Waals surface area contributed by atoms with Gasteiger partial charge in [0.15, 0.2) is 5.60 Å². The summed E-state index contributed by atoms with van der Waals surface area (Å²) in [6.07, 6.45) is 1.81. The van der Waals surface area contributed by atoms with E-state index in [1.807, 2.05) is 74.6 Å². The Bertz CT molecular complexity index is 795. The fourth-order valence-electron chi connectivity index (χ4n) is 2.58. The van der Waals surface area contributed by atoms with Crippen molar-refractivity contribution in [2.45, 2.75) is 40.2 Å². The number of carbonyl (C=O) groups is 1. The third-order valence-corrected chi connectivity index (χ3v) is 4.34. The number of nitrogens with zero attached hydrogens (tertiary/aromatic N) is 2. The molecule has 0 heterocycles. The molecule has 0 atom stereocenters. The molecule has 138 valence electrons. The first-order valence-electron chi connectivity index (χ1n) is 8.89. The molecule has 2 aromatic rings. The largest absolute Gasteiger partial charge is 0.480 e. The minimum Gasteiger partial charge on any atom is -0.480 e. The molecule has 0 aromatic heterocycles. The van der Waals surface area contributed by atoms with Gasteiger partial charge in [-0.15, -0.1) is 0 Å². The van der Waals surface area contributed by atoms with Crippen LogP contribution < -0.4 is 4.74 Å². The topological polar surface area (TPSA) is 41.9 Å². The van der Waals surface area contributed by atoms with Gasteiger partial charge in [0.05, 0.1) is 12.0 Å². The van der Waals surface area contributed by atoms with Crippen LogP contribution in [-0.4, -0.2) is 36.2 Å². The second-order valence-corrected chi connectivity index (χ2v) is 7.03. The molecule has 0 unspecified atom stereocenters. The first kappa shape index (κ1) is 19.7. The van der Waals surface area contributed by atoms with Crippen LogP contribution in [0.2, 0.25) is 0 Å². The van der Waals surface area contributed by atoms with Gasteiger partial charge < -0.3 is 9.64 Å². The summed E-state index contributed by atoms with van der Waals surface area (Å²) in [7, 11) is 1.98. The van der Waals surface area contributed by atoms with Crippen molar-refractivity contribution in [3.63, 3.8) is 0 Å². The Labute approximate surface area is 156 Å². The van der Waals surface area contributed by atoms with Gasteiger partial charge in [-0.2, -0.15) is 0 Å². The van der Waals surface area contributed by atoms with Gasteiger partial charge in [-0.1, -0.05) is 18.2 Å². The SMILES string of the molecule is CCN(C)C=Nc1cc(C)c(C(=O)C(C)(C)Oc2ccccc2)cc1C. The Hall–Kier alpha value is -2.62. The van der Waals surface area contributed by atoms with Crippen LogP contribution in [0, 0.1) is 13.8 Å². The summed E-state index contributed by atoms with van der Waals surface area (Å²) in [5.41, 5.74) is 2.46. The summed E-state index contributed by atoms with van der Waals surface area (Å²) in [6, 6.07) is 13.3. The maximum atomic E-state index is 13.1. The smallest absolute Gasteiger partial charge is 0.206 e. The van der Waals surface area contributed by atoms with Crippen LogP contribution in [-0.2, 0) is 0 Å². The van der Waals surface area contributed by atoms with Gasteiger partial charge in [0.25, 0.3) is 0 Å². The van der Waals surface area contributed by atoms with Crippen molar-refractivity contribution in [1.82, 2.24) is 4.90 Å². The first-order chi connectivity index (χ1) is 12.2. The molecule has 0 radical (unpaired) electrons. The van der Waals surface area contributed by atoms with Crippen molar-refractivity contribution in [2.75, 3.05) is 13.6 Å². The Morgan fingerprint density at radius 3 is 2.42 bits per heavy atom. The lowest BCUT2D eigenvalue weighted by Gasteiger charge is -2.26. The van der Waals surface area contributed by atoms with Crippen molar-refractivity contribution >= 4 is 17.8 Å². The lowest BCUT2D eigenvalue weighted by molar-refractivity contribution is 0.0583. The molecular weight excluding hydrogens is 324 g/mol. The van der Waals surface area contributed by atoms with Gasteiger partial charge in [0, 0.05) is 19.2 Å². The number of Topliss-reactive ketones (excluding diaryl/α,β-unsaturated/α-hetero) is 1. The molecule has 2 rings (SSSR count). The highest BCUT2D eigenvalue weighted by atomic mass is 16.5. The number of ketones is 1. The number of aliphatic imine (C=N–C) groups is 1. The van der Waals surface area contributed by atoms with E-state index in [1.165, 1.54) is 0 Å². The van der Waals surface area contributed by atoms with Crippen LogP contribution in [0.1, 0.15) is 42.3 Å². The van der Waals surface area contributed by atoms with Gasteiger partial charge in [0.2, 0.25) is 5.78 Å². The predicted octanol–water partition coefficient (Wildman–Crippen LogP) is 4.96. The zero-order chi connectivity index (χ0) is 19.3. The van der Waals surface area contributed by atoms with Gasteiger partial charge in [0.1, 0.15) is 5.75 Å². The average Bonchev–Trinajstić information content (AvgIpc) is 2.61. The van der Waals surface area contributed by atoms with Crippen LogP contribution in [0.5, 0.6) is 5.75 Å². The number of benzene rings is 2. The second kappa shape index (κ2) is 8.17. The summed E-state index contributed by atoms with van der Waals surface area (Å²) >= 11 is 0. The highest BCUT2D eigenvalue weighted by molar-refractivity contribution is 6.03. The van der Waals surface area contributed by atoms with Crippen molar-refractivity contribution < 1.29 is 9.53 Å². The lowest BCUT2D eigenvalue weighted by atomic mass is 9.91. The highest BCUT2D eigenvalue weighted by Gasteiger charge is 2.32. The molecule has 0 saturated carbocycles. The molecule has 0 fully saturated rings. The van der Waals surface area contributed by atoms with E-state index in [-0.39, 0.29) is 5.78 Å². The van der Waals surface area contributed by atoms with Crippen LogP contribution in [0.4, 0.5) is 5.69 Å². The number of ether oxygens (including phenoxy) is 1. The fraction of sp³-hybridized carbons (Fsp3) is 0.364. The molecule has 0 saturated heterocycles. The molecule has 4 heteroatoms. The van der Waals surface area contributed by atoms with E-state index in [0.717, 1.165) is 23.4 Å². The molecule has 26 heavy (non-hydrogen) atoms. The third kappa shape index (κ3) is 4.72. The van der Waals surface area contributed by atoms with Crippen LogP contribution in [0.15, 0.2) is 47.5 Å². The van der Waals surface area contributed by atoms with E-state index < -0.39 is 5.60 Å². The van der Waals surface area contributed by atoms with Crippen molar-refractivity contribution in [3.05, 3.63) is 59.2 Å². The Kier molecular flexibility index (Phi) is 6.19. The lowest BCUT2D eigenvalue weighted by Crippen LogP contribution is -2.38. The molecule has 0 aliphatic rings. The minimum absolute atomic E-state index is 0.0387. The van der Waals surface area contributed by atoms with Crippen LogP contribution >= 0.6 is 0 Å². The van der Waals surface area contributed by atoms with E-state index in [1.54, 1.807) is 13.8 Å². The zero-order valence-electron chi connectivity index (χ0n) is 16.5. The summed E-state index contributed by atoms with van der Waals surface area (Å²) in [5, 5.41) is 0. The number of hydrogen-bond donors (Lipinski definition) is 0. The van der Waals surface area contributed by atoms with Crippen molar-refractivity contribution in [2.24, 2.45) is 4.99 Å². The Morgan fingerprint density at radius 1 is 1.15 bits per heavy atom. The molecule has 0 aliphatic heterocycles. The van der Waals surface area contributed by atoms with E-state index >= 15 is 0 Å². The molecule has 0 aliphatic carbocycles. The van der Waals surface area contributed by atoms with Gasteiger partial charge in [-0.3, -0.25) is 4.79 Å². The molecule has 0 bridgehead atoms. The molecule has 2 aromatic carbocycles. The van der Waals surface area contributed by atoms with Crippen molar-refractivity contribution in [1.29, 1.82) is 0 Å². The van der Waals surface area contributed by atoms with Gasteiger partial charge in [-0.25, -0.2) is 4.99 Å². The molecule has 0 amide bonds. The molecule has 0 spiro atoms.